The maximum Gasteiger partial charge on any atom is 0.414 e. The van der Waals surface area contributed by atoms with Gasteiger partial charge in [0.2, 0.25) is 0 Å². The van der Waals surface area contributed by atoms with E-state index in [0.29, 0.717) is 0 Å². The fourth-order valence-electron chi connectivity index (χ4n) is 3.93. The van der Waals surface area contributed by atoms with Crippen LogP contribution in [0.15, 0.2) is 11.4 Å². The number of thioether (sulfide) groups is 1. The number of carboxylic acid groups (broad SMARTS) is 2. The minimum absolute atomic E-state index is 1.20. The van der Waals surface area contributed by atoms with Gasteiger partial charge in [0.15, 0.2) is 0 Å². The van der Waals surface area contributed by atoms with Gasteiger partial charge in [-0.3, -0.25) is 0 Å². The van der Waals surface area contributed by atoms with Gasteiger partial charge >= 0.3 is 11.9 Å². The molecule has 2 heterocycles. The number of fused-ring (bicyclic) bond motifs is 3. The lowest BCUT2D eigenvalue weighted by Gasteiger charge is -2.11. The van der Waals surface area contributed by atoms with Gasteiger partial charge in [0.1, 0.15) is 16.2 Å². The molecule has 0 saturated carbocycles. The predicted octanol–water partition coefficient (Wildman–Crippen LogP) is 6.74. The first kappa shape index (κ1) is 26.6. The van der Waals surface area contributed by atoms with Crippen LogP contribution in [0.1, 0.15) is 94.4 Å². The summed E-state index contributed by atoms with van der Waals surface area (Å²) in [5.74, 6) is -2.45. The van der Waals surface area contributed by atoms with Crippen molar-refractivity contribution >= 4 is 45.3 Å². The number of aliphatic carboxylic acids is 2. The van der Waals surface area contributed by atoms with Crippen molar-refractivity contribution in [3.8, 4) is 0 Å². The molecule has 0 unspecified atom stereocenters. The molecule has 3 rings (SSSR count). The SMILES string of the molecule is CCCCCCCCCCCCSc1ncnc2sc3c(c12)CCCC3.O=C(O)C(=O)O. The number of thiophene rings is 1. The minimum atomic E-state index is -1.82. The summed E-state index contributed by atoms with van der Waals surface area (Å²) >= 11 is 3.87. The van der Waals surface area contributed by atoms with Crippen LogP contribution >= 0.6 is 23.1 Å². The molecule has 0 aliphatic heterocycles. The van der Waals surface area contributed by atoms with E-state index in [-0.39, 0.29) is 0 Å². The van der Waals surface area contributed by atoms with Crippen LogP contribution in [0, 0.1) is 0 Å². The van der Waals surface area contributed by atoms with Gasteiger partial charge in [-0.05, 0) is 43.4 Å². The van der Waals surface area contributed by atoms with Gasteiger partial charge in [0, 0.05) is 10.3 Å². The van der Waals surface area contributed by atoms with Crippen molar-refractivity contribution in [1.29, 1.82) is 0 Å². The number of hydrogen-bond donors (Lipinski definition) is 2. The van der Waals surface area contributed by atoms with Crippen molar-refractivity contribution in [2.75, 3.05) is 5.75 Å². The van der Waals surface area contributed by atoms with E-state index in [9.17, 15) is 0 Å². The molecule has 0 atom stereocenters. The van der Waals surface area contributed by atoms with Crippen LogP contribution in [0.3, 0.4) is 0 Å². The molecule has 2 aromatic heterocycles. The molecular formula is C24H36N2O4S2. The Morgan fingerprint density at radius 2 is 1.50 bits per heavy atom. The lowest BCUT2D eigenvalue weighted by molar-refractivity contribution is -0.159. The molecule has 2 aromatic rings. The molecule has 0 amide bonds. The number of carboxylic acids is 2. The van der Waals surface area contributed by atoms with E-state index in [4.69, 9.17) is 19.8 Å². The fraction of sp³-hybridized carbons (Fsp3) is 0.667. The van der Waals surface area contributed by atoms with Crippen LogP contribution in [-0.2, 0) is 22.4 Å². The van der Waals surface area contributed by atoms with E-state index < -0.39 is 11.9 Å². The number of hydrogen-bond acceptors (Lipinski definition) is 6. The Balaban J connectivity index is 0.000000534. The van der Waals surface area contributed by atoms with Crippen LogP contribution in [0.4, 0.5) is 0 Å². The van der Waals surface area contributed by atoms with Gasteiger partial charge in [-0.15, -0.1) is 23.1 Å². The Morgan fingerprint density at radius 1 is 0.906 bits per heavy atom. The Morgan fingerprint density at radius 3 is 2.12 bits per heavy atom. The monoisotopic (exact) mass is 480 g/mol. The van der Waals surface area contributed by atoms with E-state index >= 15 is 0 Å². The number of carbonyl (C=O) groups is 2. The number of aryl methyl sites for hydroxylation is 2. The maximum absolute atomic E-state index is 9.10. The molecule has 1 aliphatic rings. The first-order valence-electron chi connectivity index (χ1n) is 11.9. The summed E-state index contributed by atoms with van der Waals surface area (Å²) in [6, 6.07) is 0. The summed E-state index contributed by atoms with van der Waals surface area (Å²) in [4.78, 5) is 30.2. The van der Waals surface area contributed by atoms with Crippen LogP contribution in [0.25, 0.3) is 10.2 Å². The van der Waals surface area contributed by atoms with E-state index in [2.05, 4.69) is 16.9 Å². The molecular weight excluding hydrogens is 444 g/mol. The molecule has 0 fully saturated rings. The quantitative estimate of drug-likeness (QED) is 0.150. The highest BCUT2D eigenvalue weighted by atomic mass is 32.2. The number of nitrogens with zero attached hydrogens (tertiary/aromatic N) is 2. The second-order valence-corrected chi connectivity index (χ2v) is 10.4. The fourth-order valence-corrected chi connectivity index (χ4v) is 6.25. The highest BCUT2D eigenvalue weighted by Gasteiger charge is 2.19. The molecule has 2 N–H and O–H groups in total. The molecule has 0 saturated heterocycles. The third-order valence-electron chi connectivity index (χ3n) is 5.64. The van der Waals surface area contributed by atoms with E-state index in [1.54, 1.807) is 16.8 Å². The molecule has 0 bridgehead atoms. The van der Waals surface area contributed by atoms with Crippen molar-refractivity contribution in [2.45, 2.75) is 102 Å². The maximum atomic E-state index is 9.10. The highest BCUT2D eigenvalue weighted by Crippen LogP contribution is 2.39. The van der Waals surface area contributed by atoms with Crippen LogP contribution in [0.2, 0.25) is 0 Å². The molecule has 0 radical (unpaired) electrons. The molecule has 6 nitrogen and oxygen atoms in total. The highest BCUT2D eigenvalue weighted by molar-refractivity contribution is 7.99. The molecule has 32 heavy (non-hydrogen) atoms. The lowest BCUT2D eigenvalue weighted by Crippen LogP contribution is -2.09. The number of aromatic nitrogens is 2. The van der Waals surface area contributed by atoms with Gasteiger partial charge in [-0.2, -0.15) is 0 Å². The summed E-state index contributed by atoms with van der Waals surface area (Å²) in [5.41, 5.74) is 1.57. The molecule has 178 valence electrons. The summed E-state index contributed by atoms with van der Waals surface area (Å²) in [7, 11) is 0. The third kappa shape index (κ3) is 9.06. The zero-order valence-electron chi connectivity index (χ0n) is 19.1. The second-order valence-electron chi connectivity index (χ2n) is 8.21. The average Bonchev–Trinajstić information content (AvgIpc) is 3.17. The van der Waals surface area contributed by atoms with Crippen LogP contribution in [0.5, 0.6) is 0 Å². The largest absolute Gasteiger partial charge is 0.473 e. The standard InChI is InChI=1S/C22H34N2S2.C2H2O4/c1-2-3-4-5-6-7-8-9-10-13-16-25-21-20-18-14-11-12-15-19(18)26-22(20)24-17-23-21;3-1(4)2(5)6/h17H,2-16H2,1H3;(H,3,4)(H,5,6). The van der Waals surface area contributed by atoms with Crippen molar-refractivity contribution in [3.05, 3.63) is 16.8 Å². The molecule has 1 aliphatic carbocycles. The Kier molecular flexibility index (Phi) is 12.6. The van der Waals surface area contributed by atoms with Gasteiger partial charge < -0.3 is 10.2 Å². The predicted molar refractivity (Wildman–Crippen MR) is 132 cm³/mol. The third-order valence-corrected chi connectivity index (χ3v) is 7.91. The van der Waals surface area contributed by atoms with Gasteiger partial charge in [0.05, 0.1) is 0 Å². The summed E-state index contributed by atoms with van der Waals surface area (Å²) in [6.07, 6.45) is 21.0. The van der Waals surface area contributed by atoms with Crippen molar-refractivity contribution in [1.82, 2.24) is 9.97 Å². The zero-order chi connectivity index (χ0) is 23.2. The normalized spacial score (nSPS) is 12.8. The number of unbranched alkanes of at least 4 members (excludes halogenated alkanes) is 9. The second kappa shape index (κ2) is 15.2. The summed E-state index contributed by atoms with van der Waals surface area (Å²) in [5, 5.41) is 17.4. The first-order valence-corrected chi connectivity index (χ1v) is 13.7. The topological polar surface area (TPSA) is 100 Å². The molecule has 0 spiro atoms. The molecule has 0 aromatic carbocycles. The first-order chi connectivity index (χ1) is 15.5. The average molecular weight is 481 g/mol. The van der Waals surface area contributed by atoms with E-state index in [1.807, 2.05) is 23.1 Å². The zero-order valence-corrected chi connectivity index (χ0v) is 20.7. The van der Waals surface area contributed by atoms with Crippen molar-refractivity contribution in [2.24, 2.45) is 0 Å². The lowest BCUT2D eigenvalue weighted by atomic mass is 9.97. The van der Waals surface area contributed by atoms with E-state index in [1.165, 1.54) is 111 Å². The molecule has 8 heteroatoms. The van der Waals surface area contributed by atoms with Crippen LogP contribution in [-0.4, -0.2) is 37.9 Å². The van der Waals surface area contributed by atoms with Crippen molar-refractivity contribution < 1.29 is 19.8 Å². The Hall–Kier alpha value is -1.67. The summed E-state index contributed by atoms with van der Waals surface area (Å²) in [6.45, 7) is 2.29. The van der Waals surface area contributed by atoms with Gasteiger partial charge in [-0.1, -0.05) is 64.7 Å². The van der Waals surface area contributed by atoms with Crippen LogP contribution < -0.4 is 0 Å². The smallest absolute Gasteiger partial charge is 0.414 e. The van der Waals surface area contributed by atoms with Gasteiger partial charge in [0.25, 0.3) is 0 Å². The van der Waals surface area contributed by atoms with Gasteiger partial charge in [-0.25, -0.2) is 19.6 Å². The minimum Gasteiger partial charge on any atom is -0.473 e. The van der Waals surface area contributed by atoms with E-state index in [0.717, 1.165) is 0 Å². The summed E-state index contributed by atoms with van der Waals surface area (Å²) < 4.78 is 0. The Bertz CT molecular complexity index is 842. The van der Waals surface area contributed by atoms with Crippen molar-refractivity contribution in [3.63, 3.8) is 0 Å². The Labute approximate surface area is 199 Å². The number of rotatable bonds is 12.